The maximum absolute atomic E-state index is 12.5. The summed E-state index contributed by atoms with van der Waals surface area (Å²) in [6.45, 7) is 8.27. The van der Waals surface area contributed by atoms with E-state index in [2.05, 4.69) is 11.2 Å². The van der Waals surface area contributed by atoms with Crippen molar-refractivity contribution in [3.63, 3.8) is 0 Å². The molecule has 1 atom stereocenters. The molecule has 0 spiro atoms. The Morgan fingerprint density at radius 3 is 2.64 bits per heavy atom. The number of amides is 1. The molecule has 0 aliphatic carbocycles. The van der Waals surface area contributed by atoms with Gasteiger partial charge in [0.05, 0.1) is 17.9 Å². The van der Waals surface area contributed by atoms with Crippen LogP contribution < -0.4 is 5.73 Å². The minimum Gasteiger partial charge on any atom is -0.445 e. The fourth-order valence-electron chi connectivity index (χ4n) is 3.25. The van der Waals surface area contributed by atoms with Crippen molar-refractivity contribution in [1.82, 2.24) is 14.7 Å². The van der Waals surface area contributed by atoms with Gasteiger partial charge in [0.25, 0.3) is 0 Å². The van der Waals surface area contributed by atoms with E-state index < -0.39 is 0 Å². The van der Waals surface area contributed by atoms with Gasteiger partial charge in [-0.25, -0.2) is 4.79 Å². The largest absolute Gasteiger partial charge is 0.445 e. The molecule has 25 heavy (non-hydrogen) atoms. The molecule has 6 nitrogen and oxygen atoms in total. The number of ether oxygens (including phenoxy) is 1. The third kappa shape index (κ3) is 4.20. The summed E-state index contributed by atoms with van der Waals surface area (Å²) in [5.41, 5.74) is 11.2. The molecule has 1 unspecified atom stereocenters. The van der Waals surface area contributed by atoms with E-state index >= 15 is 0 Å². The Morgan fingerprint density at radius 1 is 1.24 bits per heavy atom. The first-order chi connectivity index (χ1) is 11.9. The van der Waals surface area contributed by atoms with Crippen molar-refractivity contribution in [2.24, 2.45) is 5.73 Å². The van der Waals surface area contributed by atoms with E-state index in [1.807, 2.05) is 43.7 Å². The van der Waals surface area contributed by atoms with Crippen molar-refractivity contribution in [2.45, 2.75) is 52.9 Å². The number of carbonyl (C=O) groups excluding carboxylic acids is 1. The summed E-state index contributed by atoms with van der Waals surface area (Å²) >= 11 is 0. The van der Waals surface area contributed by atoms with Gasteiger partial charge in [-0.15, -0.1) is 0 Å². The number of nitrogens with zero attached hydrogens (tertiary/aromatic N) is 3. The van der Waals surface area contributed by atoms with Gasteiger partial charge in [0, 0.05) is 19.1 Å². The average Bonchev–Trinajstić information content (AvgIpc) is 2.84. The summed E-state index contributed by atoms with van der Waals surface area (Å²) in [6, 6.07) is 8.08. The third-order valence-corrected chi connectivity index (χ3v) is 4.40. The minimum absolute atomic E-state index is 0.107. The van der Waals surface area contributed by atoms with Gasteiger partial charge in [0.1, 0.15) is 6.61 Å². The number of aryl methyl sites for hydroxylation is 3. The van der Waals surface area contributed by atoms with Crippen LogP contribution in [0.1, 0.15) is 47.5 Å². The second-order valence-corrected chi connectivity index (χ2v) is 6.90. The second kappa shape index (κ2) is 7.27. The number of hydrogen-bond acceptors (Lipinski definition) is 4. The Morgan fingerprint density at radius 2 is 1.96 bits per heavy atom. The Bertz CT molecular complexity index is 747. The highest BCUT2D eigenvalue weighted by molar-refractivity contribution is 5.67. The minimum atomic E-state index is -0.281. The van der Waals surface area contributed by atoms with E-state index in [1.165, 1.54) is 11.1 Å². The molecule has 1 aromatic carbocycles. The smallest absolute Gasteiger partial charge is 0.410 e. The summed E-state index contributed by atoms with van der Waals surface area (Å²) in [6.07, 6.45) is 0.572. The number of nitrogens with two attached hydrogens (primary N) is 1. The molecule has 0 fully saturated rings. The Labute approximate surface area is 148 Å². The maximum Gasteiger partial charge on any atom is 0.410 e. The zero-order valence-electron chi connectivity index (χ0n) is 15.2. The van der Waals surface area contributed by atoms with E-state index in [-0.39, 0.29) is 12.1 Å². The van der Waals surface area contributed by atoms with Crippen LogP contribution in [-0.4, -0.2) is 27.3 Å². The highest BCUT2D eigenvalue weighted by atomic mass is 16.6. The monoisotopic (exact) mass is 342 g/mol. The maximum atomic E-state index is 12.5. The molecule has 0 radical (unpaired) electrons. The van der Waals surface area contributed by atoms with Gasteiger partial charge in [-0.05, 0) is 38.8 Å². The molecule has 6 heteroatoms. The lowest BCUT2D eigenvalue weighted by Gasteiger charge is -2.19. The number of rotatable bonds is 3. The first kappa shape index (κ1) is 17.5. The number of hydrogen-bond donors (Lipinski definition) is 1. The van der Waals surface area contributed by atoms with Crippen molar-refractivity contribution in [2.75, 3.05) is 6.54 Å². The Hall–Kier alpha value is -2.34. The fraction of sp³-hybridized carbons (Fsp3) is 0.474. The van der Waals surface area contributed by atoms with Crippen LogP contribution in [0.5, 0.6) is 0 Å². The summed E-state index contributed by atoms with van der Waals surface area (Å²) < 4.78 is 7.49. The van der Waals surface area contributed by atoms with E-state index in [9.17, 15) is 4.79 Å². The first-order valence-corrected chi connectivity index (χ1v) is 8.73. The standard InChI is InChI=1S/C19H26N4O2/c1-13-7-14(2)9-16(8-13)12-25-19(24)22-5-4-6-23-17(11-22)10-18(21-23)15(3)20/h7-10,15H,4-6,11-12,20H2,1-3H3. The highest BCUT2D eigenvalue weighted by Gasteiger charge is 2.22. The van der Waals surface area contributed by atoms with Gasteiger partial charge in [-0.1, -0.05) is 29.3 Å². The number of aromatic nitrogens is 2. The lowest BCUT2D eigenvalue weighted by atomic mass is 10.1. The topological polar surface area (TPSA) is 73.4 Å². The number of benzene rings is 1. The Kier molecular flexibility index (Phi) is 5.08. The van der Waals surface area contributed by atoms with Crippen LogP contribution >= 0.6 is 0 Å². The molecule has 0 saturated heterocycles. The quantitative estimate of drug-likeness (QED) is 0.930. The van der Waals surface area contributed by atoms with Gasteiger partial charge in [-0.3, -0.25) is 4.68 Å². The molecule has 134 valence electrons. The van der Waals surface area contributed by atoms with Gasteiger partial charge >= 0.3 is 6.09 Å². The highest BCUT2D eigenvalue weighted by Crippen LogP contribution is 2.18. The van der Waals surface area contributed by atoms with Crippen LogP contribution in [0, 0.1) is 13.8 Å². The average molecular weight is 342 g/mol. The van der Waals surface area contributed by atoms with Gasteiger partial charge in [0.15, 0.2) is 0 Å². The summed E-state index contributed by atoms with van der Waals surface area (Å²) in [4.78, 5) is 14.2. The molecule has 3 rings (SSSR count). The molecule has 1 aliphatic rings. The van der Waals surface area contributed by atoms with Crippen LogP contribution in [0.4, 0.5) is 4.79 Å². The van der Waals surface area contributed by atoms with Gasteiger partial charge in [-0.2, -0.15) is 5.10 Å². The normalized spacial score (nSPS) is 15.4. The molecule has 2 aromatic rings. The predicted octanol–water partition coefficient (Wildman–Crippen LogP) is 3.06. The van der Waals surface area contributed by atoms with E-state index in [0.717, 1.165) is 29.9 Å². The van der Waals surface area contributed by atoms with Crippen molar-refractivity contribution in [3.05, 3.63) is 52.3 Å². The van der Waals surface area contributed by atoms with E-state index in [1.54, 1.807) is 4.90 Å². The molecule has 1 amide bonds. The zero-order chi connectivity index (χ0) is 18.0. The molecule has 1 aliphatic heterocycles. The summed E-state index contributed by atoms with van der Waals surface area (Å²) in [5.74, 6) is 0. The zero-order valence-corrected chi connectivity index (χ0v) is 15.2. The molecule has 0 bridgehead atoms. The van der Waals surface area contributed by atoms with Gasteiger partial charge in [0.2, 0.25) is 0 Å². The van der Waals surface area contributed by atoms with Crippen LogP contribution in [-0.2, 0) is 24.4 Å². The number of carbonyl (C=O) groups is 1. The van der Waals surface area contributed by atoms with Crippen molar-refractivity contribution in [1.29, 1.82) is 0 Å². The second-order valence-electron chi connectivity index (χ2n) is 6.90. The fourth-order valence-corrected chi connectivity index (χ4v) is 3.25. The molecular weight excluding hydrogens is 316 g/mol. The molecule has 0 saturated carbocycles. The predicted molar refractivity (Wildman–Crippen MR) is 96.0 cm³/mol. The molecule has 2 heterocycles. The van der Waals surface area contributed by atoms with Crippen LogP contribution in [0.25, 0.3) is 0 Å². The Balaban J connectivity index is 1.65. The molecule has 2 N–H and O–H groups in total. The van der Waals surface area contributed by atoms with Crippen molar-refractivity contribution < 1.29 is 9.53 Å². The molecule has 1 aromatic heterocycles. The van der Waals surface area contributed by atoms with E-state index in [4.69, 9.17) is 10.5 Å². The lowest BCUT2D eigenvalue weighted by molar-refractivity contribution is 0.0941. The first-order valence-electron chi connectivity index (χ1n) is 8.73. The van der Waals surface area contributed by atoms with Crippen molar-refractivity contribution in [3.8, 4) is 0 Å². The summed E-state index contributed by atoms with van der Waals surface area (Å²) in [5, 5.41) is 4.53. The lowest BCUT2D eigenvalue weighted by Crippen LogP contribution is -2.31. The third-order valence-electron chi connectivity index (χ3n) is 4.40. The van der Waals surface area contributed by atoms with Crippen molar-refractivity contribution >= 4 is 6.09 Å². The number of fused-ring (bicyclic) bond motifs is 1. The van der Waals surface area contributed by atoms with Crippen LogP contribution in [0.15, 0.2) is 24.3 Å². The van der Waals surface area contributed by atoms with E-state index in [0.29, 0.717) is 19.7 Å². The van der Waals surface area contributed by atoms with Crippen LogP contribution in [0.3, 0.4) is 0 Å². The molecular formula is C19H26N4O2. The van der Waals surface area contributed by atoms with Gasteiger partial charge < -0.3 is 15.4 Å². The SMILES string of the molecule is Cc1cc(C)cc(COC(=O)N2CCCn3nc(C(C)N)cc3C2)c1. The van der Waals surface area contributed by atoms with Crippen LogP contribution in [0.2, 0.25) is 0 Å². The summed E-state index contributed by atoms with van der Waals surface area (Å²) in [7, 11) is 0.